The van der Waals surface area contributed by atoms with Gasteiger partial charge >= 0.3 is 0 Å². The quantitative estimate of drug-likeness (QED) is 0.603. The van der Waals surface area contributed by atoms with Crippen LogP contribution in [0.1, 0.15) is 40.5 Å². The van der Waals surface area contributed by atoms with Crippen molar-refractivity contribution in [2.24, 2.45) is 0 Å². The second-order valence-corrected chi connectivity index (χ2v) is 4.96. The third kappa shape index (κ3) is 5.29. The molecule has 0 fully saturated rings. The van der Waals surface area contributed by atoms with Crippen molar-refractivity contribution in [1.29, 1.82) is 0 Å². The molecular formula is C15H30N6O. The van der Waals surface area contributed by atoms with E-state index in [9.17, 15) is 0 Å². The van der Waals surface area contributed by atoms with Gasteiger partial charge in [-0.3, -0.25) is 0 Å². The van der Waals surface area contributed by atoms with E-state index in [1.165, 1.54) is 0 Å². The highest BCUT2D eigenvalue weighted by molar-refractivity contribution is 5.45. The molecule has 0 atom stereocenters. The number of hydrogen-bond donors (Lipinski definition) is 2. The summed E-state index contributed by atoms with van der Waals surface area (Å²) in [5, 5.41) is 12.1. The molecule has 0 aromatic carbocycles. The standard InChI is InChI=1S/C15H30N6O/c1-5-20(6-2)14-17-13(16-11-9-10-12-22)18-15(19-14)21(7-3)8-4/h22H,5-12H2,1-4H3,(H,16,17,18,19). The zero-order valence-electron chi connectivity index (χ0n) is 14.3. The van der Waals surface area contributed by atoms with Crippen molar-refractivity contribution in [3.05, 3.63) is 0 Å². The van der Waals surface area contributed by atoms with Crippen LogP contribution in [0.4, 0.5) is 17.8 Å². The van der Waals surface area contributed by atoms with Gasteiger partial charge in [-0.25, -0.2) is 0 Å². The van der Waals surface area contributed by atoms with Crippen molar-refractivity contribution in [3.8, 4) is 0 Å². The van der Waals surface area contributed by atoms with E-state index in [2.05, 4.69) is 57.8 Å². The molecule has 0 unspecified atom stereocenters. The second-order valence-electron chi connectivity index (χ2n) is 4.96. The van der Waals surface area contributed by atoms with Gasteiger partial charge in [0.05, 0.1) is 0 Å². The topological polar surface area (TPSA) is 77.4 Å². The molecule has 0 spiro atoms. The molecule has 0 aliphatic heterocycles. The van der Waals surface area contributed by atoms with Gasteiger partial charge in [0.15, 0.2) is 0 Å². The van der Waals surface area contributed by atoms with Crippen LogP contribution in [0.3, 0.4) is 0 Å². The van der Waals surface area contributed by atoms with Gasteiger partial charge in [-0.1, -0.05) is 0 Å². The average Bonchev–Trinajstić information content (AvgIpc) is 2.54. The minimum Gasteiger partial charge on any atom is -0.396 e. The molecule has 22 heavy (non-hydrogen) atoms. The molecule has 7 nitrogen and oxygen atoms in total. The third-order valence-corrected chi connectivity index (χ3v) is 3.57. The molecule has 0 aliphatic carbocycles. The Hall–Kier alpha value is -1.63. The van der Waals surface area contributed by atoms with Crippen molar-refractivity contribution in [2.45, 2.75) is 40.5 Å². The average molecular weight is 310 g/mol. The maximum atomic E-state index is 8.84. The van der Waals surface area contributed by atoms with Gasteiger partial charge in [0.2, 0.25) is 17.8 Å². The molecule has 1 aromatic heterocycles. The summed E-state index contributed by atoms with van der Waals surface area (Å²) in [4.78, 5) is 17.9. The van der Waals surface area contributed by atoms with Crippen LogP contribution < -0.4 is 15.1 Å². The summed E-state index contributed by atoms with van der Waals surface area (Å²) >= 11 is 0. The highest BCUT2D eigenvalue weighted by atomic mass is 16.2. The lowest BCUT2D eigenvalue weighted by molar-refractivity contribution is 0.286. The lowest BCUT2D eigenvalue weighted by Crippen LogP contribution is -2.29. The van der Waals surface area contributed by atoms with E-state index in [1.807, 2.05) is 0 Å². The number of nitrogens with zero attached hydrogens (tertiary/aromatic N) is 5. The SMILES string of the molecule is CCN(CC)c1nc(NCCCCO)nc(N(CC)CC)n1. The van der Waals surface area contributed by atoms with E-state index >= 15 is 0 Å². The van der Waals surface area contributed by atoms with Crippen LogP contribution in [0.15, 0.2) is 0 Å². The summed E-state index contributed by atoms with van der Waals surface area (Å²) < 4.78 is 0. The van der Waals surface area contributed by atoms with Gasteiger partial charge in [0.25, 0.3) is 0 Å². The first-order valence-corrected chi connectivity index (χ1v) is 8.30. The van der Waals surface area contributed by atoms with Gasteiger partial charge in [-0.2, -0.15) is 15.0 Å². The zero-order valence-corrected chi connectivity index (χ0v) is 14.3. The minimum atomic E-state index is 0.217. The summed E-state index contributed by atoms with van der Waals surface area (Å²) in [5.74, 6) is 2.04. The van der Waals surface area contributed by atoms with Crippen LogP contribution in [-0.4, -0.2) is 59.4 Å². The van der Waals surface area contributed by atoms with E-state index < -0.39 is 0 Å². The number of anilines is 3. The van der Waals surface area contributed by atoms with Crippen molar-refractivity contribution in [1.82, 2.24) is 15.0 Å². The largest absolute Gasteiger partial charge is 0.396 e. The number of aliphatic hydroxyl groups excluding tert-OH is 1. The smallest absolute Gasteiger partial charge is 0.231 e. The molecule has 126 valence electrons. The Labute approximate surface area is 133 Å². The van der Waals surface area contributed by atoms with E-state index in [1.54, 1.807) is 0 Å². The molecule has 2 N–H and O–H groups in total. The molecule has 0 saturated heterocycles. The van der Waals surface area contributed by atoms with Gasteiger partial charge in [0.1, 0.15) is 0 Å². The fourth-order valence-electron chi connectivity index (χ4n) is 2.17. The van der Waals surface area contributed by atoms with Crippen LogP contribution in [0, 0.1) is 0 Å². The van der Waals surface area contributed by atoms with Gasteiger partial charge < -0.3 is 20.2 Å². The zero-order chi connectivity index (χ0) is 16.4. The molecule has 0 amide bonds. The number of rotatable bonds is 11. The Morgan fingerprint density at radius 3 is 1.73 bits per heavy atom. The fraction of sp³-hybridized carbons (Fsp3) is 0.800. The molecule has 0 radical (unpaired) electrons. The van der Waals surface area contributed by atoms with Gasteiger partial charge in [0, 0.05) is 39.3 Å². The normalized spacial score (nSPS) is 10.6. The number of aliphatic hydroxyl groups is 1. The van der Waals surface area contributed by atoms with Crippen molar-refractivity contribution in [2.75, 3.05) is 54.4 Å². The predicted octanol–water partition coefficient (Wildman–Crippen LogP) is 1.75. The summed E-state index contributed by atoms with van der Waals surface area (Å²) in [6.07, 6.45) is 1.67. The monoisotopic (exact) mass is 310 g/mol. The lowest BCUT2D eigenvalue weighted by atomic mass is 10.3. The third-order valence-electron chi connectivity index (χ3n) is 3.57. The Bertz CT molecular complexity index is 390. The number of nitrogens with one attached hydrogen (secondary N) is 1. The maximum Gasteiger partial charge on any atom is 0.231 e. The fourth-order valence-corrected chi connectivity index (χ4v) is 2.17. The van der Waals surface area contributed by atoms with Gasteiger partial charge in [-0.05, 0) is 40.5 Å². The number of unbranched alkanes of at least 4 members (excludes halogenated alkanes) is 1. The van der Waals surface area contributed by atoms with Gasteiger partial charge in [-0.15, -0.1) is 0 Å². The molecule has 0 bridgehead atoms. The minimum absolute atomic E-state index is 0.217. The lowest BCUT2D eigenvalue weighted by Gasteiger charge is -2.23. The van der Waals surface area contributed by atoms with Crippen molar-refractivity contribution < 1.29 is 5.11 Å². The molecule has 7 heteroatoms. The van der Waals surface area contributed by atoms with E-state index in [0.29, 0.717) is 17.8 Å². The highest BCUT2D eigenvalue weighted by Crippen LogP contribution is 2.16. The Balaban J connectivity index is 2.98. The molecular weight excluding hydrogens is 280 g/mol. The number of hydrogen-bond acceptors (Lipinski definition) is 7. The van der Waals surface area contributed by atoms with Crippen LogP contribution in [0.5, 0.6) is 0 Å². The van der Waals surface area contributed by atoms with Crippen LogP contribution in [0.25, 0.3) is 0 Å². The highest BCUT2D eigenvalue weighted by Gasteiger charge is 2.14. The molecule has 0 saturated carbocycles. The first-order chi connectivity index (χ1) is 10.7. The van der Waals surface area contributed by atoms with E-state index in [0.717, 1.165) is 45.6 Å². The Kier molecular flexibility index (Phi) is 8.50. The first-order valence-electron chi connectivity index (χ1n) is 8.30. The van der Waals surface area contributed by atoms with Crippen molar-refractivity contribution >= 4 is 17.8 Å². The molecule has 1 aromatic rings. The number of aromatic nitrogens is 3. The summed E-state index contributed by atoms with van der Waals surface area (Å²) in [5.41, 5.74) is 0. The van der Waals surface area contributed by atoms with Crippen LogP contribution in [-0.2, 0) is 0 Å². The Morgan fingerprint density at radius 1 is 0.818 bits per heavy atom. The Morgan fingerprint density at radius 2 is 1.32 bits per heavy atom. The first kappa shape index (κ1) is 18.4. The predicted molar refractivity (Wildman–Crippen MR) is 91.8 cm³/mol. The summed E-state index contributed by atoms with van der Waals surface area (Å²) in [7, 11) is 0. The molecule has 0 aliphatic rings. The summed E-state index contributed by atoms with van der Waals surface area (Å²) in [6.45, 7) is 12.8. The maximum absolute atomic E-state index is 8.84. The summed E-state index contributed by atoms with van der Waals surface area (Å²) in [6, 6.07) is 0. The van der Waals surface area contributed by atoms with E-state index in [4.69, 9.17) is 5.11 Å². The second kappa shape index (κ2) is 10.2. The molecule has 1 heterocycles. The van der Waals surface area contributed by atoms with Crippen LogP contribution >= 0.6 is 0 Å². The van der Waals surface area contributed by atoms with Crippen LogP contribution in [0.2, 0.25) is 0 Å². The molecule has 1 rings (SSSR count). The van der Waals surface area contributed by atoms with E-state index in [-0.39, 0.29) is 6.61 Å². The van der Waals surface area contributed by atoms with Crippen molar-refractivity contribution in [3.63, 3.8) is 0 Å².